The van der Waals surface area contributed by atoms with E-state index >= 15 is 0 Å². The molecular formula is C13H20N2O2S. The third kappa shape index (κ3) is 2.06. The third-order valence-electron chi connectivity index (χ3n) is 4.05. The molecule has 0 bridgehead atoms. The van der Waals surface area contributed by atoms with Gasteiger partial charge in [0.2, 0.25) is 0 Å². The summed E-state index contributed by atoms with van der Waals surface area (Å²) in [5.41, 5.74) is 0.301. The SMILES string of the molecule is CCC1(C(=O)O)CCCN1C(C)c1csc(C)n1. The zero-order valence-corrected chi connectivity index (χ0v) is 12.0. The van der Waals surface area contributed by atoms with Crippen LogP contribution in [-0.2, 0) is 4.79 Å². The van der Waals surface area contributed by atoms with E-state index in [1.54, 1.807) is 11.3 Å². The number of hydrogen-bond donors (Lipinski definition) is 1. The molecule has 2 rings (SSSR count). The molecule has 0 radical (unpaired) electrons. The van der Waals surface area contributed by atoms with E-state index in [0.717, 1.165) is 30.1 Å². The van der Waals surface area contributed by atoms with Gasteiger partial charge in [0.15, 0.2) is 0 Å². The number of hydrogen-bond acceptors (Lipinski definition) is 4. The molecule has 4 nitrogen and oxygen atoms in total. The molecule has 0 aliphatic carbocycles. The molecule has 1 fully saturated rings. The van der Waals surface area contributed by atoms with Crippen molar-refractivity contribution < 1.29 is 9.90 Å². The van der Waals surface area contributed by atoms with Gasteiger partial charge in [-0.05, 0) is 39.7 Å². The van der Waals surface area contributed by atoms with Crippen LogP contribution in [0.4, 0.5) is 0 Å². The number of aromatic nitrogens is 1. The summed E-state index contributed by atoms with van der Waals surface area (Å²) in [4.78, 5) is 18.3. The van der Waals surface area contributed by atoms with E-state index in [2.05, 4.69) is 16.8 Å². The highest BCUT2D eigenvalue weighted by atomic mass is 32.1. The Hall–Kier alpha value is -0.940. The topological polar surface area (TPSA) is 53.4 Å². The average Bonchev–Trinajstić information content (AvgIpc) is 2.94. The van der Waals surface area contributed by atoms with Gasteiger partial charge in [0, 0.05) is 5.38 Å². The smallest absolute Gasteiger partial charge is 0.324 e. The van der Waals surface area contributed by atoms with E-state index in [1.807, 2.05) is 19.2 Å². The van der Waals surface area contributed by atoms with Crippen molar-refractivity contribution in [2.45, 2.75) is 51.6 Å². The van der Waals surface area contributed by atoms with Crippen LogP contribution in [0.1, 0.15) is 49.9 Å². The first-order valence-electron chi connectivity index (χ1n) is 6.43. The lowest BCUT2D eigenvalue weighted by Gasteiger charge is -2.37. The van der Waals surface area contributed by atoms with Gasteiger partial charge in [-0.2, -0.15) is 0 Å². The maximum atomic E-state index is 11.6. The van der Waals surface area contributed by atoms with Crippen LogP contribution >= 0.6 is 11.3 Å². The number of thiazole rings is 1. The molecule has 2 heterocycles. The average molecular weight is 268 g/mol. The van der Waals surface area contributed by atoms with Gasteiger partial charge < -0.3 is 5.11 Å². The number of carboxylic acid groups (broad SMARTS) is 1. The molecule has 2 unspecified atom stereocenters. The Labute approximate surface area is 112 Å². The van der Waals surface area contributed by atoms with Gasteiger partial charge in [-0.1, -0.05) is 6.92 Å². The minimum absolute atomic E-state index is 0.0773. The second-order valence-electron chi connectivity index (χ2n) is 4.95. The Morgan fingerprint density at radius 2 is 2.44 bits per heavy atom. The Bertz CT molecular complexity index is 446. The molecule has 1 N–H and O–H groups in total. The first-order valence-corrected chi connectivity index (χ1v) is 7.31. The number of likely N-dealkylation sites (tertiary alicyclic amines) is 1. The number of rotatable bonds is 4. The van der Waals surface area contributed by atoms with Crippen molar-refractivity contribution in [3.63, 3.8) is 0 Å². The van der Waals surface area contributed by atoms with Gasteiger partial charge in [-0.3, -0.25) is 9.69 Å². The first kappa shape index (κ1) is 13.5. The van der Waals surface area contributed by atoms with Crippen LogP contribution < -0.4 is 0 Å². The minimum atomic E-state index is -0.697. The monoisotopic (exact) mass is 268 g/mol. The van der Waals surface area contributed by atoms with Crippen LogP contribution in [0.5, 0.6) is 0 Å². The molecule has 18 heavy (non-hydrogen) atoms. The maximum Gasteiger partial charge on any atom is 0.324 e. The van der Waals surface area contributed by atoms with Gasteiger partial charge in [-0.15, -0.1) is 11.3 Å². The molecule has 0 amide bonds. The van der Waals surface area contributed by atoms with Crippen molar-refractivity contribution in [2.24, 2.45) is 0 Å². The summed E-state index contributed by atoms with van der Waals surface area (Å²) in [7, 11) is 0. The lowest BCUT2D eigenvalue weighted by atomic mass is 9.91. The quantitative estimate of drug-likeness (QED) is 0.912. The van der Waals surface area contributed by atoms with Crippen LogP contribution in [0.25, 0.3) is 0 Å². The van der Waals surface area contributed by atoms with Gasteiger partial charge in [0.05, 0.1) is 16.7 Å². The van der Waals surface area contributed by atoms with E-state index in [0.29, 0.717) is 6.42 Å². The van der Waals surface area contributed by atoms with Crippen LogP contribution in [0.3, 0.4) is 0 Å². The molecule has 0 spiro atoms. The molecule has 1 aliphatic rings. The fraction of sp³-hybridized carbons (Fsp3) is 0.692. The zero-order valence-electron chi connectivity index (χ0n) is 11.1. The van der Waals surface area contributed by atoms with E-state index in [4.69, 9.17) is 0 Å². The lowest BCUT2D eigenvalue weighted by molar-refractivity contribution is -0.151. The molecule has 1 aromatic rings. The highest BCUT2D eigenvalue weighted by molar-refractivity contribution is 7.09. The predicted molar refractivity (Wildman–Crippen MR) is 71.9 cm³/mol. The van der Waals surface area contributed by atoms with E-state index < -0.39 is 11.5 Å². The summed E-state index contributed by atoms with van der Waals surface area (Å²) in [6.07, 6.45) is 2.34. The Kier molecular flexibility index (Phi) is 3.73. The zero-order chi connectivity index (χ0) is 13.3. The maximum absolute atomic E-state index is 11.6. The summed E-state index contributed by atoms with van der Waals surface area (Å²) in [5, 5.41) is 12.7. The van der Waals surface area contributed by atoms with Gasteiger partial charge >= 0.3 is 5.97 Å². The number of aryl methyl sites for hydroxylation is 1. The van der Waals surface area contributed by atoms with Crippen molar-refractivity contribution in [3.05, 3.63) is 16.1 Å². The van der Waals surface area contributed by atoms with Crippen molar-refractivity contribution >= 4 is 17.3 Å². The molecule has 5 heteroatoms. The lowest BCUT2D eigenvalue weighted by Crippen LogP contribution is -2.50. The van der Waals surface area contributed by atoms with Gasteiger partial charge in [0.25, 0.3) is 0 Å². The van der Waals surface area contributed by atoms with Crippen molar-refractivity contribution in [2.75, 3.05) is 6.54 Å². The fourth-order valence-electron chi connectivity index (χ4n) is 2.96. The molecule has 1 aliphatic heterocycles. The normalized spacial score (nSPS) is 26.4. The summed E-state index contributed by atoms with van der Waals surface area (Å²) < 4.78 is 0. The third-order valence-corrected chi connectivity index (χ3v) is 4.85. The van der Waals surface area contributed by atoms with E-state index in [-0.39, 0.29) is 6.04 Å². The first-order chi connectivity index (χ1) is 8.51. The molecule has 100 valence electrons. The summed E-state index contributed by atoms with van der Waals surface area (Å²) >= 11 is 1.62. The Morgan fingerprint density at radius 1 is 1.72 bits per heavy atom. The summed E-state index contributed by atoms with van der Waals surface area (Å²) in [5.74, 6) is -0.693. The molecule has 1 aromatic heterocycles. The van der Waals surface area contributed by atoms with Gasteiger partial charge in [-0.25, -0.2) is 4.98 Å². The van der Waals surface area contributed by atoms with Gasteiger partial charge in [0.1, 0.15) is 5.54 Å². The van der Waals surface area contributed by atoms with Crippen molar-refractivity contribution in [1.29, 1.82) is 0 Å². The van der Waals surface area contributed by atoms with Crippen LogP contribution in [0, 0.1) is 6.92 Å². The van der Waals surface area contributed by atoms with Crippen LogP contribution in [0.15, 0.2) is 5.38 Å². The van der Waals surface area contributed by atoms with E-state index in [1.165, 1.54) is 0 Å². The second-order valence-corrected chi connectivity index (χ2v) is 6.02. The fourth-order valence-corrected chi connectivity index (χ4v) is 3.66. The number of carboxylic acids is 1. The van der Waals surface area contributed by atoms with E-state index in [9.17, 15) is 9.90 Å². The number of carbonyl (C=O) groups is 1. The number of nitrogens with zero attached hydrogens (tertiary/aromatic N) is 2. The minimum Gasteiger partial charge on any atom is -0.480 e. The Balaban J connectivity index is 2.29. The standard InChI is InChI=1S/C13H20N2O2S/c1-4-13(12(16)17)6-5-7-15(13)9(2)11-8-18-10(3)14-11/h8-9H,4-7H2,1-3H3,(H,16,17). The molecule has 0 saturated carbocycles. The highest BCUT2D eigenvalue weighted by Crippen LogP contribution is 2.39. The molecule has 2 atom stereocenters. The molecular weight excluding hydrogens is 248 g/mol. The van der Waals surface area contributed by atoms with Crippen LogP contribution in [-0.4, -0.2) is 33.0 Å². The summed E-state index contributed by atoms with van der Waals surface area (Å²) in [6, 6.07) is 0.0773. The summed E-state index contributed by atoms with van der Waals surface area (Å²) in [6.45, 7) is 6.85. The van der Waals surface area contributed by atoms with Crippen molar-refractivity contribution in [1.82, 2.24) is 9.88 Å². The second kappa shape index (κ2) is 4.97. The number of aliphatic carboxylic acids is 1. The van der Waals surface area contributed by atoms with Crippen molar-refractivity contribution in [3.8, 4) is 0 Å². The highest BCUT2D eigenvalue weighted by Gasteiger charge is 2.48. The van der Waals surface area contributed by atoms with Crippen LogP contribution in [0.2, 0.25) is 0 Å². The molecule has 1 saturated heterocycles. The Morgan fingerprint density at radius 3 is 2.94 bits per heavy atom. The largest absolute Gasteiger partial charge is 0.480 e. The predicted octanol–water partition coefficient (Wildman–Crippen LogP) is 2.84. The molecule has 0 aromatic carbocycles.